The summed E-state index contributed by atoms with van der Waals surface area (Å²) in [7, 11) is 0. The van der Waals surface area contributed by atoms with Gasteiger partial charge in [0, 0.05) is 10.6 Å². The first-order chi connectivity index (χ1) is 12.7. The van der Waals surface area contributed by atoms with Crippen molar-refractivity contribution in [2.24, 2.45) is 5.73 Å². The molecular formula is C19H16N4OS2. The van der Waals surface area contributed by atoms with E-state index in [1.54, 1.807) is 23.1 Å². The number of fused-ring (bicyclic) bond motifs is 1. The number of hydrogen-bond donors (Lipinski definition) is 2. The van der Waals surface area contributed by atoms with Gasteiger partial charge in [-0.2, -0.15) is 16.6 Å². The number of nitrogens with two attached hydrogens (primary N) is 1. The molecule has 0 fully saturated rings. The summed E-state index contributed by atoms with van der Waals surface area (Å²) >= 11 is 3.31. The number of aryl methyl sites for hydroxylation is 1. The molecule has 0 aliphatic carbocycles. The number of allylic oxidation sites excluding steroid dienone is 1. The molecule has 1 aromatic carbocycles. The zero-order chi connectivity index (χ0) is 18.1. The van der Waals surface area contributed by atoms with Crippen LogP contribution in [0.3, 0.4) is 0 Å². The number of rotatable bonds is 4. The van der Waals surface area contributed by atoms with Gasteiger partial charge in [0.15, 0.2) is 0 Å². The molecule has 0 unspecified atom stereocenters. The summed E-state index contributed by atoms with van der Waals surface area (Å²) in [4.78, 5) is 1.18. The molecule has 3 aromatic rings. The number of benzene rings is 1. The number of H-pyrrole nitrogens is 1. The molecule has 1 aliphatic heterocycles. The second-order valence-corrected chi connectivity index (χ2v) is 7.83. The Morgan fingerprint density at radius 2 is 2.15 bits per heavy atom. The van der Waals surface area contributed by atoms with Crippen LogP contribution in [0.4, 0.5) is 0 Å². The van der Waals surface area contributed by atoms with Crippen LogP contribution in [-0.2, 0) is 5.75 Å². The molecule has 1 atom stereocenters. The molecule has 0 saturated carbocycles. The van der Waals surface area contributed by atoms with E-state index in [2.05, 4.69) is 47.5 Å². The minimum absolute atomic E-state index is 0.125. The monoisotopic (exact) mass is 380 g/mol. The molecule has 7 heteroatoms. The summed E-state index contributed by atoms with van der Waals surface area (Å²) < 4.78 is 5.60. The number of hydrogen-bond acceptors (Lipinski definition) is 6. The van der Waals surface area contributed by atoms with Crippen LogP contribution in [0.1, 0.15) is 28.3 Å². The lowest BCUT2D eigenvalue weighted by Gasteiger charge is -2.23. The quantitative estimate of drug-likeness (QED) is 0.659. The average molecular weight is 380 g/mol. The Kier molecular flexibility index (Phi) is 4.45. The first-order valence-corrected chi connectivity index (χ1v) is 9.96. The minimum atomic E-state index is -0.248. The first-order valence-electron chi connectivity index (χ1n) is 8.03. The molecule has 0 bridgehead atoms. The Balaban J connectivity index is 1.69. The molecular weight excluding hydrogens is 364 g/mol. The molecule has 0 radical (unpaired) electrons. The number of aromatic nitrogens is 2. The standard InChI is InChI=1S/C19H16N4OS2/c1-11-2-4-13(5-3-11)26-10-15-17-16(12-6-7-25-9-12)14(8-20)18(21)24-19(17)23-22-15/h2-7,9,16H,10,21H2,1H3,(H,22,23)/t16-/m0/s1. The van der Waals surface area contributed by atoms with Crippen LogP contribution >= 0.6 is 23.1 Å². The summed E-state index contributed by atoms with van der Waals surface area (Å²) in [6.07, 6.45) is 0. The minimum Gasteiger partial charge on any atom is -0.420 e. The van der Waals surface area contributed by atoms with E-state index in [0.29, 0.717) is 17.2 Å². The smallest absolute Gasteiger partial charge is 0.244 e. The predicted octanol–water partition coefficient (Wildman–Crippen LogP) is 4.29. The van der Waals surface area contributed by atoms with E-state index in [0.717, 1.165) is 16.8 Å². The van der Waals surface area contributed by atoms with Crippen molar-refractivity contribution in [2.75, 3.05) is 0 Å². The Labute approximate surface area is 159 Å². The fourth-order valence-corrected chi connectivity index (χ4v) is 4.53. The third kappa shape index (κ3) is 2.98. The molecule has 1 aliphatic rings. The third-order valence-corrected chi connectivity index (χ3v) is 6.04. The van der Waals surface area contributed by atoms with E-state index < -0.39 is 0 Å². The second kappa shape index (κ2) is 6.90. The topological polar surface area (TPSA) is 87.7 Å². The first kappa shape index (κ1) is 16.8. The molecule has 0 spiro atoms. The molecule has 3 N–H and O–H groups in total. The zero-order valence-corrected chi connectivity index (χ0v) is 15.7. The maximum Gasteiger partial charge on any atom is 0.244 e. The van der Waals surface area contributed by atoms with Gasteiger partial charge in [0.05, 0.1) is 17.2 Å². The van der Waals surface area contributed by atoms with E-state index >= 15 is 0 Å². The van der Waals surface area contributed by atoms with Crippen molar-refractivity contribution in [1.82, 2.24) is 10.2 Å². The van der Waals surface area contributed by atoms with Gasteiger partial charge >= 0.3 is 0 Å². The molecule has 0 saturated heterocycles. The molecule has 0 amide bonds. The van der Waals surface area contributed by atoms with Crippen molar-refractivity contribution in [3.8, 4) is 11.9 Å². The predicted molar refractivity (Wildman–Crippen MR) is 103 cm³/mol. The molecule has 2 aromatic heterocycles. The molecule has 26 heavy (non-hydrogen) atoms. The lowest BCUT2D eigenvalue weighted by molar-refractivity contribution is 0.379. The Morgan fingerprint density at radius 1 is 1.35 bits per heavy atom. The van der Waals surface area contributed by atoms with E-state index in [1.807, 2.05) is 16.8 Å². The second-order valence-electron chi connectivity index (χ2n) is 6.00. The maximum atomic E-state index is 9.62. The van der Waals surface area contributed by atoms with Gasteiger partial charge in [0.25, 0.3) is 0 Å². The van der Waals surface area contributed by atoms with E-state index in [4.69, 9.17) is 10.5 Å². The van der Waals surface area contributed by atoms with Crippen LogP contribution in [0.2, 0.25) is 0 Å². The number of nitrogens with zero attached hydrogens (tertiary/aromatic N) is 2. The van der Waals surface area contributed by atoms with Gasteiger partial charge in [0.2, 0.25) is 11.8 Å². The fraction of sp³-hybridized carbons (Fsp3) is 0.158. The maximum absolute atomic E-state index is 9.62. The lowest BCUT2D eigenvalue weighted by atomic mass is 9.86. The number of thiophene rings is 1. The van der Waals surface area contributed by atoms with Gasteiger partial charge in [-0.25, -0.2) is 0 Å². The van der Waals surface area contributed by atoms with E-state index in [1.165, 1.54) is 10.5 Å². The highest BCUT2D eigenvalue weighted by molar-refractivity contribution is 7.98. The van der Waals surface area contributed by atoms with Gasteiger partial charge in [0.1, 0.15) is 11.6 Å². The van der Waals surface area contributed by atoms with Crippen LogP contribution in [0.25, 0.3) is 0 Å². The van der Waals surface area contributed by atoms with Gasteiger partial charge in [-0.1, -0.05) is 17.7 Å². The number of thioether (sulfide) groups is 1. The van der Waals surface area contributed by atoms with Crippen molar-refractivity contribution in [2.45, 2.75) is 23.5 Å². The van der Waals surface area contributed by atoms with Gasteiger partial charge in [-0.3, -0.25) is 5.10 Å². The zero-order valence-electron chi connectivity index (χ0n) is 14.0. The number of aromatic amines is 1. The normalized spacial score (nSPS) is 16.1. The summed E-state index contributed by atoms with van der Waals surface area (Å²) in [5.74, 6) is 1.04. The van der Waals surface area contributed by atoms with Crippen molar-refractivity contribution in [1.29, 1.82) is 5.26 Å². The third-order valence-electron chi connectivity index (χ3n) is 4.30. The van der Waals surface area contributed by atoms with Crippen molar-refractivity contribution < 1.29 is 4.74 Å². The summed E-state index contributed by atoms with van der Waals surface area (Å²) in [6, 6.07) is 12.6. The number of nitriles is 1. The lowest BCUT2D eigenvalue weighted by Crippen LogP contribution is -2.21. The van der Waals surface area contributed by atoms with Crippen LogP contribution in [-0.4, -0.2) is 10.2 Å². The molecule has 4 rings (SSSR count). The Bertz CT molecular complexity index is 997. The average Bonchev–Trinajstić information content (AvgIpc) is 3.30. The number of ether oxygens (including phenoxy) is 1. The fourth-order valence-electron chi connectivity index (χ4n) is 2.98. The summed E-state index contributed by atoms with van der Waals surface area (Å²) in [5, 5.41) is 21.0. The van der Waals surface area contributed by atoms with Crippen molar-refractivity contribution in [3.05, 3.63) is 74.9 Å². The van der Waals surface area contributed by atoms with Crippen molar-refractivity contribution >= 4 is 23.1 Å². The number of nitrogens with one attached hydrogen (secondary N) is 1. The Morgan fingerprint density at radius 3 is 2.85 bits per heavy atom. The Hall–Kier alpha value is -2.69. The highest BCUT2D eigenvalue weighted by Crippen LogP contribution is 2.44. The van der Waals surface area contributed by atoms with Crippen LogP contribution in [0.5, 0.6) is 5.88 Å². The highest BCUT2D eigenvalue weighted by Gasteiger charge is 2.35. The van der Waals surface area contributed by atoms with E-state index in [-0.39, 0.29) is 11.8 Å². The summed E-state index contributed by atoms with van der Waals surface area (Å²) in [6.45, 7) is 2.07. The van der Waals surface area contributed by atoms with Crippen molar-refractivity contribution in [3.63, 3.8) is 0 Å². The van der Waals surface area contributed by atoms with Gasteiger partial charge < -0.3 is 10.5 Å². The van der Waals surface area contributed by atoms with Crippen LogP contribution in [0, 0.1) is 18.3 Å². The highest BCUT2D eigenvalue weighted by atomic mass is 32.2. The van der Waals surface area contributed by atoms with Gasteiger partial charge in [-0.15, -0.1) is 16.9 Å². The summed E-state index contributed by atoms with van der Waals surface area (Å²) in [5.41, 5.74) is 10.5. The SMILES string of the molecule is Cc1ccc(SCc2[nH]nc3c2[C@@H](c2ccsc2)C(C#N)=C(N)O3)cc1. The van der Waals surface area contributed by atoms with Crippen LogP contribution in [0.15, 0.2) is 57.4 Å². The largest absolute Gasteiger partial charge is 0.420 e. The van der Waals surface area contributed by atoms with Crippen LogP contribution < -0.4 is 10.5 Å². The molecule has 130 valence electrons. The molecule has 3 heterocycles. The molecule has 5 nitrogen and oxygen atoms in total. The van der Waals surface area contributed by atoms with Gasteiger partial charge in [-0.05, 0) is 41.4 Å². The van der Waals surface area contributed by atoms with E-state index in [9.17, 15) is 5.26 Å².